The van der Waals surface area contributed by atoms with Gasteiger partial charge in [-0.15, -0.1) is 10.2 Å². The van der Waals surface area contributed by atoms with Crippen LogP contribution in [-0.2, 0) is 10.3 Å². The van der Waals surface area contributed by atoms with Gasteiger partial charge in [-0.3, -0.25) is 10.2 Å². The number of hydrazine groups is 1. The van der Waals surface area contributed by atoms with Gasteiger partial charge in [0.2, 0.25) is 11.7 Å². The number of aromatic nitrogens is 4. The molecule has 4 fully saturated rings. The van der Waals surface area contributed by atoms with Gasteiger partial charge in [0.15, 0.2) is 0 Å². The molecule has 4 bridgehead atoms. The lowest BCUT2D eigenvalue weighted by Crippen LogP contribution is -2.62. The van der Waals surface area contributed by atoms with Crippen LogP contribution in [0.5, 0.6) is 0 Å². The molecule has 0 unspecified atom stereocenters. The van der Waals surface area contributed by atoms with E-state index in [9.17, 15) is 4.79 Å². The molecule has 3 N–H and O–H groups in total. The fourth-order valence-electron chi connectivity index (χ4n) is 5.99. The molecular weight excluding hydrogens is 316 g/mol. The number of carbonyl (C=O) groups is 1. The second kappa shape index (κ2) is 5.11. The molecule has 0 saturated heterocycles. The number of carbonyl (C=O) groups excluding carboxylic acids is 1. The molecule has 7 nitrogen and oxygen atoms in total. The van der Waals surface area contributed by atoms with Crippen molar-refractivity contribution in [2.45, 2.75) is 44.1 Å². The van der Waals surface area contributed by atoms with Gasteiger partial charge < -0.3 is 0 Å². The zero-order chi connectivity index (χ0) is 17.1. The molecule has 4 aliphatic rings. The first kappa shape index (κ1) is 15.0. The van der Waals surface area contributed by atoms with E-state index in [4.69, 9.17) is 10.9 Å². The van der Waals surface area contributed by atoms with E-state index < -0.39 is 0 Å². The fourth-order valence-corrected chi connectivity index (χ4v) is 5.99. The van der Waals surface area contributed by atoms with Crippen molar-refractivity contribution < 1.29 is 4.79 Å². The van der Waals surface area contributed by atoms with Crippen molar-refractivity contribution >= 4 is 5.91 Å². The molecule has 0 aliphatic heterocycles. The number of nitrogens with two attached hydrogens (primary N) is 1. The first-order chi connectivity index (χ1) is 12.1. The van der Waals surface area contributed by atoms with Crippen molar-refractivity contribution in [3.63, 3.8) is 0 Å². The molecule has 1 aromatic heterocycles. The van der Waals surface area contributed by atoms with Gasteiger partial charge in [0.25, 0.3) is 0 Å². The second-order valence-corrected chi connectivity index (χ2v) is 8.21. The number of nitrogens with one attached hydrogen (secondary N) is 1. The van der Waals surface area contributed by atoms with Gasteiger partial charge in [-0.2, -0.15) is 4.80 Å². The summed E-state index contributed by atoms with van der Waals surface area (Å²) in [5.74, 6) is 7.23. The van der Waals surface area contributed by atoms with E-state index in [0.717, 1.165) is 37.7 Å². The van der Waals surface area contributed by atoms with Gasteiger partial charge in [-0.1, -0.05) is 30.3 Å². The highest BCUT2D eigenvalue weighted by Crippen LogP contribution is 2.63. The Labute approximate surface area is 145 Å². The summed E-state index contributed by atoms with van der Waals surface area (Å²) in [5.41, 5.74) is 2.82. The molecule has 0 spiro atoms. The van der Waals surface area contributed by atoms with E-state index in [1.54, 1.807) is 0 Å². The van der Waals surface area contributed by atoms with Crippen LogP contribution in [0.15, 0.2) is 30.3 Å². The summed E-state index contributed by atoms with van der Waals surface area (Å²) in [6.45, 7) is 0. The van der Waals surface area contributed by atoms with Gasteiger partial charge in [0, 0.05) is 5.56 Å². The first-order valence-corrected chi connectivity index (χ1v) is 9.00. The second-order valence-electron chi connectivity index (χ2n) is 8.21. The predicted molar refractivity (Wildman–Crippen MR) is 90.7 cm³/mol. The van der Waals surface area contributed by atoms with Crippen LogP contribution in [0.1, 0.15) is 38.5 Å². The van der Waals surface area contributed by atoms with Crippen LogP contribution in [0.4, 0.5) is 0 Å². The standard InChI is InChI=1S/C18H22N6O/c19-20-16(25)17-7-12-6-13(8-17)10-18(9-12,11-17)24-22-15(21-23-24)14-4-2-1-3-5-14/h1-5,12-13H,6-11,19H2,(H,20,25)/t12-,13-,17?,18?/m0/s1. The Morgan fingerprint density at radius 2 is 1.88 bits per heavy atom. The van der Waals surface area contributed by atoms with Gasteiger partial charge in [0.05, 0.1) is 11.0 Å². The average molecular weight is 338 g/mol. The van der Waals surface area contributed by atoms with Crippen LogP contribution in [-0.4, -0.2) is 26.1 Å². The van der Waals surface area contributed by atoms with Crippen molar-refractivity contribution in [2.24, 2.45) is 23.1 Å². The maximum Gasteiger partial charge on any atom is 0.240 e. The Bertz CT molecular complexity index is 802. The zero-order valence-electron chi connectivity index (χ0n) is 14.1. The minimum absolute atomic E-state index is 0.0191. The summed E-state index contributed by atoms with van der Waals surface area (Å²) in [4.78, 5) is 14.4. The average Bonchev–Trinajstić information content (AvgIpc) is 3.12. The van der Waals surface area contributed by atoms with Crippen LogP contribution in [0.2, 0.25) is 0 Å². The molecule has 130 valence electrons. The third kappa shape index (κ3) is 2.15. The maximum absolute atomic E-state index is 12.6. The largest absolute Gasteiger partial charge is 0.294 e. The smallest absolute Gasteiger partial charge is 0.240 e. The summed E-state index contributed by atoms with van der Waals surface area (Å²) < 4.78 is 0. The number of hydrogen-bond acceptors (Lipinski definition) is 5. The van der Waals surface area contributed by atoms with Crippen molar-refractivity contribution in [1.82, 2.24) is 25.6 Å². The third-order valence-corrected chi connectivity index (χ3v) is 6.51. The third-order valence-electron chi connectivity index (χ3n) is 6.51. The monoisotopic (exact) mass is 338 g/mol. The number of rotatable bonds is 3. The van der Waals surface area contributed by atoms with E-state index in [0.29, 0.717) is 17.7 Å². The van der Waals surface area contributed by atoms with Crippen molar-refractivity contribution in [1.29, 1.82) is 0 Å². The summed E-state index contributed by atoms with van der Waals surface area (Å²) in [5, 5.41) is 13.4. The minimum atomic E-state index is -0.362. The molecule has 6 rings (SSSR count). The molecule has 25 heavy (non-hydrogen) atoms. The van der Waals surface area contributed by atoms with Gasteiger partial charge in [0.1, 0.15) is 0 Å². The number of hydrogen-bond donors (Lipinski definition) is 2. The number of tetrazole rings is 1. The molecule has 7 heteroatoms. The lowest BCUT2D eigenvalue weighted by atomic mass is 9.46. The van der Waals surface area contributed by atoms with Gasteiger partial charge in [-0.25, -0.2) is 5.84 Å². The highest BCUT2D eigenvalue weighted by atomic mass is 16.2. The Kier molecular flexibility index (Phi) is 3.07. The Morgan fingerprint density at radius 1 is 1.16 bits per heavy atom. The molecule has 1 heterocycles. The molecule has 2 aromatic rings. The molecule has 1 aromatic carbocycles. The molecule has 0 radical (unpaired) electrons. The van der Waals surface area contributed by atoms with Crippen LogP contribution in [0.25, 0.3) is 11.4 Å². The van der Waals surface area contributed by atoms with E-state index >= 15 is 0 Å². The van der Waals surface area contributed by atoms with Gasteiger partial charge >= 0.3 is 0 Å². The molecule has 2 atom stereocenters. The van der Waals surface area contributed by atoms with E-state index in [-0.39, 0.29) is 16.9 Å². The zero-order valence-corrected chi connectivity index (χ0v) is 14.1. The highest BCUT2D eigenvalue weighted by Gasteiger charge is 2.62. The van der Waals surface area contributed by atoms with Crippen molar-refractivity contribution in [3.05, 3.63) is 30.3 Å². The summed E-state index contributed by atoms with van der Waals surface area (Å²) >= 11 is 0. The van der Waals surface area contributed by atoms with Crippen molar-refractivity contribution in [3.8, 4) is 11.4 Å². The molecular formula is C18H22N6O. The predicted octanol–water partition coefficient (Wildman–Crippen LogP) is 1.63. The van der Waals surface area contributed by atoms with Crippen LogP contribution < -0.4 is 11.3 Å². The quantitative estimate of drug-likeness (QED) is 0.503. The van der Waals surface area contributed by atoms with Crippen molar-refractivity contribution in [2.75, 3.05) is 0 Å². The van der Waals surface area contributed by atoms with E-state index in [2.05, 4.69) is 15.7 Å². The molecule has 4 aliphatic carbocycles. The summed E-state index contributed by atoms with van der Waals surface area (Å²) in [6, 6.07) is 9.90. The minimum Gasteiger partial charge on any atom is -0.294 e. The molecule has 1 amide bonds. The Balaban J connectivity index is 1.54. The normalized spacial score (nSPS) is 35.7. The fraction of sp³-hybridized carbons (Fsp3) is 0.556. The van der Waals surface area contributed by atoms with E-state index in [1.807, 2.05) is 35.1 Å². The topological polar surface area (TPSA) is 98.7 Å². The molecule has 4 saturated carbocycles. The lowest BCUT2D eigenvalue weighted by Gasteiger charge is -2.60. The first-order valence-electron chi connectivity index (χ1n) is 9.00. The highest BCUT2D eigenvalue weighted by molar-refractivity contribution is 5.82. The maximum atomic E-state index is 12.6. The number of amides is 1. The number of nitrogens with zero attached hydrogens (tertiary/aromatic N) is 4. The summed E-state index contributed by atoms with van der Waals surface area (Å²) in [6.07, 6.45) is 5.92. The van der Waals surface area contributed by atoms with Gasteiger partial charge in [-0.05, 0) is 55.6 Å². The number of benzene rings is 1. The Morgan fingerprint density at radius 3 is 2.56 bits per heavy atom. The Hall–Kier alpha value is -2.28. The lowest BCUT2D eigenvalue weighted by molar-refractivity contribution is -0.157. The van der Waals surface area contributed by atoms with Crippen LogP contribution >= 0.6 is 0 Å². The van der Waals surface area contributed by atoms with E-state index in [1.165, 1.54) is 6.42 Å². The van der Waals surface area contributed by atoms with Crippen LogP contribution in [0, 0.1) is 17.3 Å². The SMILES string of the molecule is NNC(=O)C12C[C@@H]3C[C@@H](C1)CC(n1nnc(-c4ccccc4)n1)(C3)C2. The van der Waals surface area contributed by atoms with Crippen LogP contribution in [0.3, 0.4) is 0 Å². The summed E-state index contributed by atoms with van der Waals surface area (Å²) in [7, 11) is 0.